The summed E-state index contributed by atoms with van der Waals surface area (Å²) in [6.07, 6.45) is 7.26. The third kappa shape index (κ3) is 3.78. The Morgan fingerprint density at radius 1 is 1.50 bits per heavy atom. The summed E-state index contributed by atoms with van der Waals surface area (Å²) < 4.78 is 0. The maximum absolute atomic E-state index is 3.83. The lowest BCUT2D eigenvalue weighted by Gasteiger charge is -1.85. The first-order chi connectivity index (χ1) is 4.85. The fraction of sp³-hybridized carbons (Fsp3) is 0.250. The van der Waals surface area contributed by atoms with Crippen LogP contribution in [0.1, 0.15) is 6.92 Å². The van der Waals surface area contributed by atoms with E-state index in [1.54, 1.807) is 19.2 Å². The Kier molecular flexibility index (Phi) is 5.25. The third-order valence-electron chi connectivity index (χ3n) is 0.842. The average Bonchev–Trinajstić information content (AvgIpc) is 1.90. The largest absolute Gasteiger partial charge is 0.192 e. The Balaban J connectivity index is 4.25. The second-order valence-corrected chi connectivity index (χ2v) is 1.63. The smallest absolute Gasteiger partial charge is 0.0848 e. The van der Waals surface area contributed by atoms with Crippen molar-refractivity contribution >= 4 is 0 Å². The van der Waals surface area contributed by atoms with Crippen LogP contribution in [0.5, 0.6) is 0 Å². The standard InChI is InChI=1S/C8H12N2/c1-4-6-8(7-5-2)10-9-3/h4-7H,1H2,2-3H3/b7-5-,8-6+,10-9?. The highest BCUT2D eigenvalue weighted by Crippen LogP contribution is 1.98. The van der Waals surface area contributed by atoms with Crippen molar-refractivity contribution in [3.8, 4) is 0 Å². The van der Waals surface area contributed by atoms with Crippen LogP contribution < -0.4 is 0 Å². The lowest BCUT2D eigenvalue weighted by atomic mass is 10.3. The van der Waals surface area contributed by atoms with Gasteiger partial charge in [0.2, 0.25) is 0 Å². The van der Waals surface area contributed by atoms with Crippen LogP contribution in [-0.2, 0) is 0 Å². The zero-order valence-electron chi connectivity index (χ0n) is 6.41. The van der Waals surface area contributed by atoms with E-state index in [0.29, 0.717) is 0 Å². The first-order valence-electron chi connectivity index (χ1n) is 3.10. The Hall–Kier alpha value is -1.18. The molecule has 0 radical (unpaired) electrons. The van der Waals surface area contributed by atoms with Crippen LogP contribution >= 0.6 is 0 Å². The number of nitrogens with zero attached hydrogens (tertiary/aromatic N) is 2. The van der Waals surface area contributed by atoms with Gasteiger partial charge in [-0.15, -0.1) is 0 Å². The summed E-state index contributed by atoms with van der Waals surface area (Å²) in [4.78, 5) is 0. The van der Waals surface area contributed by atoms with Crippen molar-refractivity contribution in [2.75, 3.05) is 7.05 Å². The van der Waals surface area contributed by atoms with Crippen LogP contribution in [0.4, 0.5) is 0 Å². The molecule has 54 valence electrons. The Labute approximate surface area is 61.7 Å². The summed E-state index contributed by atoms with van der Waals surface area (Å²) in [6, 6.07) is 0. The maximum atomic E-state index is 3.83. The van der Waals surface area contributed by atoms with Gasteiger partial charge in [0.25, 0.3) is 0 Å². The summed E-state index contributed by atoms with van der Waals surface area (Å²) in [6.45, 7) is 5.49. The van der Waals surface area contributed by atoms with Crippen LogP contribution in [0.3, 0.4) is 0 Å². The van der Waals surface area contributed by atoms with Crippen LogP contribution in [0.2, 0.25) is 0 Å². The molecule has 0 spiro atoms. The zero-order valence-corrected chi connectivity index (χ0v) is 6.41. The van der Waals surface area contributed by atoms with Gasteiger partial charge in [-0.25, -0.2) is 0 Å². The third-order valence-corrected chi connectivity index (χ3v) is 0.842. The molecule has 0 atom stereocenters. The van der Waals surface area contributed by atoms with Crippen molar-refractivity contribution in [1.82, 2.24) is 0 Å². The van der Waals surface area contributed by atoms with Gasteiger partial charge in [0.15, 0.2) is 0 Å². The van der Waals surface area contributed by atoms with Gasteiger partial charge in [0.05, 0.1) is 5.70 Å². The van der Waals surface area contributed by atoms with E-state index in [0.717, 1.165) is 5.70 Å². The molecule has 0 amide bonds. The van der Waals surface area contributed by atoms with Gasteiger partial charge in [0, 0.05) is 7.05 Å². The molecule has 2 nitrogen and oxygen atoms in total. The molecule has 10 heavy (non-hydrogen) atoms. The SMILES string of the molecule is C=C/C=C(\C=C/C)N=NC. The molecule has 0 unspecified atom stereocenters. The van der Waals surface area contributed by atoms with E-state index in [9.17, 15) is 0 Å². The van der Waals surface area contributed by atoms with E-state index in [1.165, 1.54) is 0 Å². The molecule has 0 aromatic heterocycles. The highest BCUT2D eigenvalue weighted by atomic mass is 15.1. The van der Waals surface area contributed by atoms with E-state index >= 15 is 0 Å². The summed E-state index contributed by atoms with van der Waals surface area (Å²) in [5.74, 6) is 0. The molecule has 0 aromatic rings. The van der Waals surface area contributed by atoms with Crippen LogP contribution in [-0.4, -0.2) is 7.05 Å². The van der Waals surface area contributed by atoms with Crippen molar-refractivity contribution < 1.29 is 0 Å². The fourth-order valence-electron chi connectivity index (χ4n) is 0.529. The molecule has 0 saturated carbocycles. The fourth-order valence-corrected chi connectivity index (χ4v) is 0.529. The molecule has 0 aliphatic rings. The minimum absolute atomic E-state index is 0.819. The minimum atomic E-state index is 0.819. The monoisotopic (exact) mass is 136 g/mol. The van der Waals surface area contributed by atoms with E-state index < -0.39 is 0 Å². The predicted octanol–water partition coefficient (Wildman–Crippen LogP) is 2.71. The Morgan fingerprint density at radius 2 is 2.20 bits per heavy atom. The van der Waals surface area contributed by atoms with Crippen molar-refractivity contribution in [2.24, 2.45) is 10.2 Å². The number of rotatable bonds is 3. The Morgan fingerprint density at radius 3 is 2.60 bits per heavy atom. The van der Waals surface area contributed by atoms with Gasteiger partial charge in [-0.2, -0.15) is 10.2 Å². The first kappa shape index (κ1) is 8.82. The normalized spacial score (nSPS) is 13.2. The summed E-state index contributed by atoms with van der Waals surface area (Å²) in [7, 11) is 1.64. The molecule has 0 fully saturated rings. The van der Waals surface area contributed by atoms with Gasteiger partial charge < -0.3 is 0 Å². The molecule has 0 rings (SSSR count). The molecular formula is C8H12N2. The number of azo groups is 1. The van der Waals surface area contributed by atoms with Gasteiger partial charge in [0.1, 0.15) is 0 Å². The molecule has 0 aromatic carbocycles. The maximum Gasteiger partial charge on any atom is 0.0848 e. The summed E-state index contributed by atoms with van der Waals surface area (Å²) >= 11 is 0. The topological polar surface area (TPSA) is 24.7 Å². The van der Waals surface area contributed by atoms with E-state index in [2.05, 4.69) is 16.8 Å². The highest BCUT2D eigenvalue weighted by molar-refractivity contribution is 5.20. The Bertz CT molecular complexity index is 162. The molecule has 0 aliphatic carbocycles. The van der Waals surface area contributed by atoms with Crippen molar-refractivity contribution in [3.63, 3.8) is 0 Å². The predicted molar refractivity (Wildman–Crippen MR) is 43.9 cm³/mol. The molecule has 0 bridgehead atoms. The van der Waals surface area contributed by atoms with Crippen LogP contribution in [0.15, 0.2) is 46.8 Å². The lowest BCUT2D eigenvalue weighted by molar-refractivity contribution is 1.12. The first-order valence-corrected chi connectivity index (χ1v) is 3.10. The highest BCUT2D eigenvalue weighted by Gasteiger charge is 1.81. The molecule has 0 saturated heterocycles. The second-order valence-electron chi connectivity index (χ2n) is 1.63. The molecule has 0 N–H and O–H groups in total. The average molecular weight is 136 g/mol. The molecule has 2 heteroatoms. The van der Waals surface area contributed by atoms with E-state index in [-0.39, 0.29) is 0 Å². The van der Waals surface area contributed by atoms with Crippen molar-refractivity contribution in [1.29, 1.82) is 0 Å². The second kappa shape index (κ2) is 5.95. The summed E-state index contributed by atoms with van der Waals surface area (Å²) in [5, 5.41) is 7.46. The number of hydrogen-bond acceptors (Lipinski definition) is 2. The molecular weight excluding hydrogens is 124 g/mol. The van der Waals surface area contributed by atoms with Crippen molar-refractivity contribution in [2.45, 2.75) is 6.92 Å². The zero-order chi connectivity index (χ0) is 7.82. The van der Waals surface area contributed by atoms with E-state index in [4.69, 9.17) is 0 Å². The van der Waals surface area contributed by atoms with Crippen LogP contribution in [0, 0.1) is 0 Å². The van der Waals surface area contributed by atoms with E-state index in [1.807, 2.05) is 19.1 Å². The number of allylic oxidation sites excluding steroid dienone is 4. The van der Waals surface area contributed by atoms with Gasteiger partial charge in [-0.3, -0.25) is 0 Å². The lowest BCUT2D eigenvalue weighted by Crippen LogP contribution is -1.67. The molecule has 0 heterocycles. The quantitative estimate of drug-likeness (QED) is 0.421. The molecule has 0 aliphatic heterocycles. The van der Waals surface area contributed by atoms with Crippen molar-refractivity contribution in [3.05, 3.63) is 36.6 Å². The minimum Gasteiger partial charge on any atom is -0.192 e. The van der Waals surface area contributed by atoms with Gasteiger partial charge >= 0.3 is 0 Å². The van der Waals surface area contributed by atoms with Gasteiger partial charge in [-0.1, -0.05) is 18.7 Å². The summed E-state index contributed by atoms with van der Waals surface area (Å²) in [5.41, 5.74) is 0.819. The van der Waals surface area contributed by atoms with Crippen LogP contribution in [0.25, 0.3) is 0 Å². The van der Waals surface area contributed by atoms with Gasteiger partial charge in [-0.05, 0) is 19.1 Å². The number of hydrogen-bond donors (Lipinski definition) is 0.